The third kappa shape index (κ3) is 3.13. The van der Waals surface area contributed by atoms with Gasteiger partial charge in [-0.1, -0.05) is 26.0 Å². The first-order chi connectivity index (χ1) is 11.0. The first-order valence-corrected chi connectivity index (χ1v) is 8.17. The highest BCUT2D eigenvalue weighted by atomic mass is 16.5. The number of hydrogen-bond acceptors (Lipinski definition) is 4. The van der Waals surface area contributed by atoms with Gasteiger partial charge in [0.1, 0.15) is 0 Å². The average Bonchev–Trinajstić information content (AvgIpc) is 2.60. The van der Waals surface area contributed by atoms with E-state index < -0.39 is 0 Å². The van der Waals surface area contributed by atoms with Gasteiger partial charge < -0.3 is 14.4 Å². The summed E-state index contributed by atoms with van der Waals surface area (Å²) < 4.78 is 10.8. The van der Waals surface area contributed by atoms with E-state index in [0.717, 1.165) is 30.0 Å². The molecule has 0 spiro atoms. The number of carbonyl (C=O) groups excluding carboxylic acids is 1. The van der Waals surface area contributed by atoms with Crippen LogP contribution in [0.15, 0.2) is 30.4 Å². The fourth-order valence-corrected chi connectivity index (χ4v) is 3.53. The van der Waals surface area contributed by atoms with Gasteiger partial charge in [-0.3, -0.25) is 4.79 Å². The second kappa shape index (κ2) is 7.18. The summed E-state index contributed by atoms with van der Waals surface area (Å²) in [6, 6.07) is 6.22. The van der Waals surface area contributed by atoms with E-state index in [-0.39, 0.29) is 17.2 Å². The van der Waals surface area contributed by atoms with Crippen LogP contribution in [0.3, 0.4) is 0 Å². The first-order valence-electron chi connectivity index (χ1n) is 8.17. The minimum atomic E-state index is -0.196. The zero-order valence-corrected chi connectivity index (χ0v) is 14.8. The van der Waals surface area contributed by atoms with Crippen LogP contribution in [0.25, 0.3) is 0 Å². The molecule has 0 bridgehead atoms. The Morgan fingerprint density at radius 2 is 1.91 bits per heavy atom. The standard InChI is InChI=1S/C19H27NO3/c1-6-19(11-10-15(21)13-18(19)20(3)7-2)14-8-9-16(22-4)17(12-14)23-5/h8-12,18H,6-7,13H2,1-5H3/t18?,19-/m1/s1. The number of methoxy groups -OCH3 is 2. The van der Waals surface area contributed by atoms with Gasteiger partial charge in [-0.25, -0.2) is 0 Å². The van der Waals surface area contributed by atoms with Crippen molar-refractivity contribution in [3.05, 3.63) is 35.9 Å². The summed E-state index contributed by atoms with van der Waals surface area (Å²) in [6.45, 7) is 5.20. The number of benzene rings is 1. The van der Waals surface area contributed by atoms with Crippen LogP contribution in [0.5, 0.6) is 11.5 Å². The minimum Gasteiger partial charge on any atom is -0.493 e. The summed E-state index contributed by atoms with van der Waals surface area (Å²) in [6.07, 6.45) is 5.28. The number of ketones is 1. The van der Waals surface area contributed by atoms with Crippen LogP contribution >= 0.6 is 0 Å². The van der Waals surface area contributed by atoms with Gasteiger partial charge in [-0.15, -0.1) is 0 Å². The molecule has 4 nitrogen and oxygen atoms in total. The highest BCUT2D eigenvalue weighted by Crippen LogP contribution is 2.42. The second-order valence-electron chi connectivity index (χ2n) is 6.06. The number of likely N-dealkylation sites (N-methyl/N-ethyl adjacent to an activating group) is 1. The van der Waals surface area contributed by atoms with Gasteiger partial charge in [0, 0.05) is 17.9 Å². The zero-order valence-electron chi connectivity index (χ0n) is 14.8. The van der Waals surface area contributed by atoms with E-state index in [9.17, 15) is 4.79 Å². The van der Waals surface area contributed by atoms with Crippen LogP contribution < -0.4 is 9.47 Å². The molecule has 0 saturated heterocycles. The smallest absolute Gasteiger partial charge is 0.161 e. The molecule has 1 unspecified atom stereocenters. The van der Waals surface area contributed by atoms with Crippen LogP contribution in [-0.4, -0.2) is 44.5 Å². The Bertz CT molecular complexity index is 596. The molecule has 23 heavy (non-hydrogen) atoms. The van der Waals surface area contributed by atoms with E-state index in [4.69, 9.17) is 9.47 Å². The summed E-state index contributed by atoms with van der Waals surface area (Å²) in [5, 5.41) is 0. The molecule has 1 aliphatic carbocycles. The Labute approximate surface area is 139 Å². The van der Waals surface area contributed by atoms with Crippen molar-refractivity contribution in [1.29, 1.82) is 0 Å². The lowest BCUT2D eigenvalue weighted by Crippen LogP contribution is -2.50. The Kier molecular flexibility index (Phi) is 5.47. The Morgan fingerprint density at radius 1 is 1.22 bits per heavy atom. The Balaban J connectivity index is 2.57. The molecule has 0 heterocycles. The number of allylic oxidation sites excluding steroid dienone is 1. The van der Waals surface area contributed by atoms with Gasteiger partial charge in [-0.05, 0) is 43.8 Å². The third-order valence-corrected chi connectivity index (χ3v) is 5.09. The second-order valence-corrected chi connectivity index (χ2v) is 6.06. The maximum atomic E-state index is 12.0. The molecule has 0 aromatic heterocycles. The Hall–Kier alpha value is -1.81. The van der Waals surface area contributed by atoms with E-state index in [2.05, 4.69) is 37.9 Å². The zero-order chi connectivity index (χ0) is 17.0. The quantitative estimate of drug-likeness (QED) is 0.807. The first kappa shape index (κ1) is 17.5. The van der Waals surface area contributed by atoms with Crippen LogP contribution in [0.1, 0.15) is 32.3 Å². The van der Waals surface area contributed by atoms with E-state index >= 15 is 0 Å². The van der Waals surface area contributed by atoms with E-state index in [1.54, 1.807) is 20.3 Å². The van der Waals surface area contributed by atoms with Gasteiger partial charge in [0.15, 0.2) is 17.3 Å². The lowest BCUT2D eigenvalue weighted by molar-refractivity contribution is -0.116. The summed E-state index contributed by atoms with van der Waals surface area (Å²) in [5.74, 6) is 1.64. The lowest BCUT2D eigenvalue weighted by Gasteiger charge is -2.45. The molecule has 2 atom stereocenters. The third-order valence-electron chi connectivity index (χ3n) is 5.09. The predicted molar refractivity (Wildman–Crippen MR) is 92.4 cm³/mol. The molecule has 1 aromatic carbocycles. The monoisotopic (exact) mass is 317 g/mol. The van der Waals surface area contributed by atoms with Crippen molar-refractivity contribution < 1.29 is 14.3 Å². The largest absolute Gasteiger partial charge is 0.493 e. The van der Waals surface area contributed by atoms with Crippen molar-refractivity contribution >= 4 is 5.78 Å². The molecule has 4 heteroatoms. The molecule has 2 rings (SSSR count). The van der Waals surface area contributed by atoms with E-state index in [1.165, 1.54) is 0 Å². The molecule has 1 aromatic rings. The summed E-state index contributed by atoms with van der Waals surface area (Å²) in [5.41, 5.74) is 0.963. The van der Waals surface area contributed by atoms with Crippen molar-refractivity contribution in [2.45, 2.75) is 38.1 Å². The molecular weight excluding hydrogens is 290 g/mol. The molecule has 0 saturated carbocycles. The van der Waals surface area contributed by atoms with Crippen LogP contribution in [0.4, 0.5) is 0 Å². The number of ether oxygens (including phenoxy) is 2. The fraction of sp³-hybridized carbons (Fsp3) is 0.526. The van der Waals surface area contributed by atoms with Gasteiger partial charge in [0.2, 0.25) is 0 Å². The summed E-state index contributed by atoms with van der Waals surface area (Å²) in [4.78, 5) is 14.3. The number of hydrogen-bond donors (Lipinski definition) is 0. The number of rotatable bonds is 6. The van der Waals surface area contributed by atoms with Crippen molar-refractivity contribution in [3.8, 4) is 11.5 Å². The lowest BCUT2D eigenvalue weighted by atomic mass is 9.67. The average molecular weight is 317 g/mol. The Morgan fingerprint density at radius 3 is 2.48 bits per heavy atom. The minimum absolute atomic E-state index is 0.146. The molecule has 0 N–H and O–H groups in total. The predicted octanol–water partition coefficient (Wildman–Crippen LogP) is 3.20. The molecule has 0 radical (unpaired) electrons. The maximum absolute atomic E-state index is 12.0. The van der Waals surface area contributed by atoms with E-state index in [1.807, 2.05) is 12.1 Å². The van der Waals surface area contributed by atoms with Crippen LogP contribution in [-0.2, 0) is 10.2 Å². The molecule has 0 aliphatic heterocycles. The summed E-state index contributed by atoms with van der Waals surface area (Å²) >= 11 is 0. The molecular formula is C19H27NO3. The van der Waals surface area contributed by atoms with Crippen molar-refractivity contribution in [2.75, 3.05) is 27.8 Å². The molecule has 0 fully saturated rings. The van der Waals surface area contributed by atoms with Gasteiger partial charge in [0.25, 0.3) is 0 Å². The highest BCUT2D eigenvalue weighted by molar-refractivity contribution is 5.92. The van der Waals surface area contributed by atoms with Gasteiger partial charge in [-0.2, -0.15) is 0 Å². The van der Waals surface area contributed by atoms with Crippen LogP contribution in [0.2, 0.25) is 0 Å². The molecule has 1 aliphatic rings. The van der Waals surface area contributed by atoms with Crippen LogP contribution in [0, 0.1) is 0 Å². The number of nitrogens with zero attached hydrogens (tertiary/aromatic N) is 1. The van der Waals surface area contributed by atoms with Crippen molar-refractivity contribution in [2.24, 2.45) is 0 Å². The van der Waals surface area contributed by atoms with E-state index in [0.29, 0.717) is 6.42 Å². The normalized spacial score (nSPS) is 24.1. The summed E-state index contributed by atoms with van der Waals surface area (Å²) in [7, 11) is 5.37. The van der Waals surface area contributed by atoms with Gasteiger partial charge in [0.05, 0.1) is 14.2 Å². The number of carbonyl (C=O) groups is 1. The van der Waals surface area contributed by atoms with Crippen molar-refractivity contribution in [3.63, 3.8) is 0 Å². The van der Waals surface area contributed by atoms with Gasteiger partial charge >= 0.3 is 0 Å². The molecule has 0 amide bonds. The fourth-order valence-electron chi connectivity index (χ4n) is 3.53. The topological polar surface area (TPSA) is 38.8 Å². The van der Waals surface area contributed by atoms with Crippen molar-refractivity contribution in [1.82, 2.24) is 4.90 Å². The highest BCUT2D eigenvalue weighted by Gasteiger charge is 2.42. The SMILES string of the molecule is CCN(C)C1CC(=O)C=C[C@]1(CC)c1ccc(OC)c(OC)c1. The maximum Gasteiger partial charge on any atom is 0.161 e. The molecule has 126 valence electrons.